The molecule has 0 spiro atoms. The Hall–Kier alpha value is -2.03. The number of carbonyl (C=O) groups is 3. The van der Waals surface area contributed by atoms with E-state index < -0.39 is 34.7 Å². The van der Waals surface area contributed by atoms with Crippen LogP contribution in [0.1, 0.15) is 12.0 Å². The summed E-state index contributed by atoms with van der Waals surface area (Å²) in [7, 11) is 0. The molecule has 0 bridgehead atoms. The van der Waals surface area contributed by atoms with Crippen LogP contribution in [-0.4, -0.2) is 28.7 Å². The van der Waals surface area contributed by atoms with Gasteiger partial charge in [0.05, 0.1) is 11.6 Å². The summed E-state index contributed by atoms with van der Waals surface area (Å²) in [5.74, 6) is -0.255. The van der Waals surface area contributed by atoms with E-state index in [9.17, 15) is 27.6 Å². The van der Waals surface area contributed by atoms with Gasteiger partial charge in [0.25, 0.3) is 5.12 Å². The number of anilines is 1. The molecule has 0 aromatic heterocycles. The minimum absolute atomic E-state index is 0.148. The van der Waals surface area contributed by atoms with Gasteiger partial charge in [-0.15, -0.1) is 0 Å². The molecule has 1 heterocycles. The monoisotopic (exact) mass is 332 g/mol. The van der Waals surface area contributed by atoms with Gasteiger partial charge in [0, 0.05) is 11.4 Å². The summed E-state index contributed by atoms with van der Waals surface area (Å²) in [5, 5.41) is 4.05. The van der Waals surface area contributed by atoms with E-state index in [1.54, 1.807) is 0 Å². The third-order valence-electron chi connectivity index (χ3n) is 2.93. The van der Waals surface area contributed by atoms with E-state index in [0.29, 0.717) is 12.2 Å². The zero-order valence-electron chi connectivity index (χ0n) is 11.1. The maximum atomic E-state index is 12.4. The van der Waals surface area contributed by atoms with Gasteiger partial charge in [-0.25, -0.2) is 4.79 Å². The average Bonchev–Trinajstić information content (AvgIpc) is 2.43. The first kappa shape index (κ1) is 16.3. The lowest BCUT2D eigenvalue weighted by Gasteiger charge is -2.20. The van der Waals surface area contributed by atoms with Crippen LogP contribution in [0.5, 0.6) is 0 Å². The number of Topliss-reactive ketones (excluding diaryl/α,β-unsaturated/α-hetero) is 1. The van der Waals surface area contributed by atoms with E-state index >= 15 is 0 Å². The number of urea groups is 1. The predicted molar refractivity (Wildman–Crippen MR) is 74.5 cm³/mol. The fourth-order valence-electron chi connectivity index (χ4n) is 1.82. The highest BCUT2D eigenvalue weighted by Gasteiger charge is 2.32. The van der Waals surface area contributed by atoms with E-state index in [1.807, 2.05) is 0 Å². The van der Waals surface area contributed by atoms with Crippen molar-refractivity contribution < 1.29 is 27.6 Å². The van der Waals surface area contributed by atoms with E-state index in [1.165, 1.54) is 0 Å². The molecule has 9 heteroatoms. The number of rotatable bonds is 2. The number of carbonyl (C=O) groups excluding carboxylic acids is 3. The third kappa shape index (κ3) is 4.00. The quantitative estimate of drug-likeness (QED) is 0.816. The third-order valence-corrected chi connectivity index (χ3v) is 3.84. The van der Waals surface area contributed by atoms with Crippen LogP contribution in [0, 0.1) is 0 Å². The Kier molecular flexibility index (Phi) is 4.74. The van der Waals surface area contributed by atoms with Gasteiger partial charge in [-0.3, -0.25) is 9.59 Å². The fraction of sp³-hybridized carbons (Fsp3) is 0.308. The summed E-state index contributed by atoms with van der Waals surface area (Å²) in [4.78, 5) is 34.4. The van der Waals surface area contributed by atoms with Crippen LogP contribution in [0.3, 0.4) is 0 Å². The first-order chi connectivity index (χ1) is 10.3. The number of nitrogens with one attached hydrogen (secondary N) is 2. The highest BCUT2D eigenvalue weighted by molar-refractivity contribution is 8.15. The number of amides is 2. The molecular formula is C13H11F3N2O3S. The van der Waals surface area contributed by atoms with Crippen molar-refractivity contribution in [1.82, 2.24) is 5.32 Å². The molecule has 1 aliphatic rings. The molecule has 0 radical (unpaired) electrons. The molecule has 1 atom stereocenters. The highest BCUT2D eigenvalue weighted by Crippen LogP contribution is 2.29. The number of ketones is 1. The lowest BCUT2D eigenvalue weighted by molar-refractivity contribution is -0.137. The van der Waals surface area contributed by atoms with Crippen molar-refractivity contribution in [3.63, 3.8) is 0 Å². The second kappa shape index (κ2) is 6.39. The van der Waals surface area contributed by atoms with Gasteiger partial charge in [0.2, 0.25) is 5.78 Å². The Balaban J connectivity index is 1.94. The summed E-state index contributed by atoms with van der Waals surface area (Å²) < 4.78 is 37.2. The summed E-state index contributed by atoms with van der Waals surface area (Å²) >= 11 is 0.898. The molecule has 2 N–H and O–H groups in total. The Morgan fingerprint density at radius 3 is 2.41 bits per heavy atom. The number of alkyl halides is 3. The van der Waals surface area contributed by atoms with Crippen molar-refractivity contribution in [2.45, 2.75) is 18.6 Å². The number of thioether (sulfide) groups is 1. The van der Waals surface area contributed by atoms with Crippen LogP contribution in [0.2, 0.25) is 0 Å². The molecule has 1 aliphatic heterocycles. The summed E-state index contributed by atoms with van der Waals surface area (Å²) in [6.07, 6.45) is -4.12. The largest absolute Gasteiger partial charge is 0.416 e. The number of hydrogen-bond acceptors (Lipinski definition) is 4. The van der Waals surface area contributed by atoms with Gasteiger partial charge in [-0.2, -0.15) is 13.2 Å². The van der Waals surface area contributed by atoms with Gasteiger partial charge in [0.15, 0.2) is 0 Å². The lowest BCUT2D eigenvalue weighted by atomic mass is 10.1. The van der Waals surface area contributed by atoms with E-state index in [-0.39, 0.29) is 5.69 Å². The molecule has 0 aliphatic carbocycles. The van der Waals surface area contributed by atoms with Crippen molar-refractivity contribution in [2.24, 2.45) is 0 Å². The van der Waals surface area contributed by atoms with Crippen LogP contribution in [-0.2, 0) is 15.8 Å². The second-order valence-electron chi connectivity index (χ2n) is 4.52. The second-order valence-corrected chi connectivity index (χ2v) is 5.58. The zero-order valence-corrected chi connectivity index (χ0v) is 11.9. The van der Waals surface area contributed by atoms with Crippen molar-refractivity contribution >= 4 is 34.4 Å². The molecular weight excluding hydrogens is 321 g/mol. The Morgan fingerprint density at radius 1 is 1.18 bits per heavy atom. The molecule has 1 fully saturated rings. The first-order valence-corrected chi connectivity index (χ1v) is 7.21. The van der Waals surface area contributed by atoms with Gasteiger partial charge < -0.3 is 10.6 Å². The highest BCUT2D eigenvalue weighted by atomic mass is 32.2. The molecule has 118 valence electrons. The maximum absolute atomic E-state index is 12.4. The number of benzene rings is 1. The molecule has 1 unspecified atom stereocenters. The van der Waals surface area contributed by atoms with E-state index in [0.717, 1.165) is 36.0 Å². The topological polar surface area (TPSA) is 75.3 Å². The molecule has 2 rings (SSSR count). The first-order valence-electron chi connectivity index (χ1n) is 6.23. The normalized spacial score (nSPS) is 19.0. The van der Waals surface area contributed by atoms with Crippen molar-refractivity contribution in [3.05, 3.63) is 29.8 Å². The Labute approximate surface area is 127 Å². The molecule has 5 nitrogen and oxygen atoms in total. The Bertz CT molecular complexity index is 602. The lowest BCUT2D eigenvalue weighted by Crippen LogP contribution is -2.47. The standard InChI is InChI=1S/C13H11F3N2O3S/c14-13(15,16)7-1-3-8(4-2-7)17-12(21)18-9-5-6-22-11(20)10(9)19/h1-4,9H,5-6H2,(H2,17,18,21). The van der Waals surface area contributed by atoms with Crippen molar-refractivity contribution in [2.75, 3.05) is 11.1 Å². The Morgan fingerprint density at radius 2 is 1.82 bits per heavy atom. The molecule has 1 aromatic rings. The van der Waals surface area contributed by atoms with Crippen LogP contribution < -0.4 is 10.6 Å². The molecule has 2 amide bonds. The molecule has 1 saturated heterocycles. The van der Waals surface area contributed by atoms with Crippen LogP contribution in [0.15, 0.2) is 24.3 Å². The van der Waals surface area contributed by atoms with E-state index in [2.05, 4.69) is 10.6 Å². The minimum atomic E-state index is -4.45. The molecule has 22 heavy (non-hydrogen) atoms. The van der Waals surface area contributed by atoms with Crippen LogP contribution in [0.25, 0.3) is 0 Å². The predicted octanol–water partition coefficient (Wildman–Crippen LogP) is 2.43. The zero-order chi connectivity index (χ0) is 16.3. The molecule has 0 saturated carbocycles. The van der Waals surface area contributed by atoms with Crippen LogP contribution >= 0.6 is 11.8 Å². The molecule has 1 aromatic carbocycles. The minimum Gasteiger partial charge on any atom is -0.327 e. The SMILES string of the molecule is O=C(Nc1ccc(C(F)(F)F)cc1)NC1CCSC(=O)C1=O. The maximum Gasteiger partial charge on any atom is 0.416 e. The van der Waals surface area contributed by atoms with Gasteiger partial charge >= 0.3 is 12.2 Å². The summed E-state index contributed by atoms with van der Waals surface area (Å²) in [6.45, 7) is 0. The average molecular weight is 332 g/mol. The van der Waals surface area contributed by atoms with Crippen molar-refractivity contribution in [3.8, 4) is 0 Å². The van der Waals surface area contributed by atoms with Crippen molar-refractivity contribution in [1.29, 1.82) is 0 Å². The number of halogens is 3. The van der Waals surface area contributed by atoms with Gasteiger partial charge in [-0.05, 0) is 30.7 Å². The smallest absolute Gasteiger partial charge is 0.327 e. The van der Waals surface area contributed by atoms with E-state index in [4.69, 9.17) is 0 Å². The van der Waals surface area contributed by atoms with Gasteiger partial charge in [0.1, 0.15) is 0 Å². The fourth-order valence-corrected chi connectivity index (χ4v) is 2.64. The van der Waals surface area contributed by atoms with Gasteiger partial charge in [-0.1, -0.05) is 11.8 Å². The summed E-state index contributed by atoms with van der Waals surface area (Å²) in [5.41, 5.74) is -0.682. The number of hydrogen-bond donors (Lipinski definition) is 2. The summed E-state index contributed by atoms with van der Waals surface area (Å²) in [6, 6.07) is 2.22. The van der Waals surface area contributed by atoms with Crippen LogP contribution in [0.4, 0.5) is 23.7 Å².